The number of rotatable bonds is 4. The molecule has 23 heavy (non-hydrogen) atoms. The highest BCUT2D eigenvalue weighted by Crippen LogP contribution is 2.14. The van der Waals surface area contributed by atoms with Crippen LogP contribution in [-0.4, -0.2) is 47.3 Å². The van der Waals surface area contributed by atoms with Gasteiger partial charge in [-0.2, -0.15) is 5.10 Å². The molecule has 4 rings (SSSR count). The first-order valence-electron chi connectivity index (χ1n) is 7.86. The average Bonchev–Trinajstić information content (AvgIpc) is 3.17. The predicted octanol–water partition coefficient (Wildman–Crippen LogP) is 0.976. The Labute approximate surface area is 134 Å². The van der Waals surface area contributed by atoms with Gasteiger partial charge in [-0.25, -0.2) is 14.6 Å². The quantitative estimate of drug-likeness (QED) is 0.719. The third-order valence-electron chi connectivity index (χ3n) is 4.21. The van der Waals surface area contributed by atoms with E-state index in [1.165, 1.54) is 5.69 Å². The van der Waals surface area contributed by atoms with E-state index in [9.17, 15) is 0 Å². The summed E-state index contributed by atoms with van der Waals surface area (Å²) < 4.78 is 4.15. The first-order chi connectivity index (χ1) is 11.4. The minimum absolute atomic E-state index is 0.716. The third-order valence-corrected chi connectivity index (χ3v) is 4.21. The maximum Gasteiger partial charge on any atom is 0.137 e. The molecule has 0 amide bonds. The third kappa shape index (κ3) is 3.14. The normalized spacial score (nSPS) is 15.3. The van der Waals surface area contributed by atoms with Gasteiger partial charge in [0, 0.05) is 38.8 Å². The number of imidazole rings is 1. The van der Waals surface area contributed by atoms with E-state index in [1.807, 2.05) is 29.2 Å². The predicted molar refractivity (Wildman–Crippen MR) is 84.6 cm³/mol. The largest absolute Gasteiger partial charge is 0.329 e. The molecule has 1 aliphatic rings. The molecule has 0 spiro atoms. The lowest BCUT2D eigenvalue weighted by atomic mass is 10.3. The van der Waals surface area contributed by atoms with Gasteiger partial charge in [0.05, 0.1) is 24.1 Å². The van der Waals surface area contributed by atoms with Gasteiger partial charge in [-0.05, 0) is 12.1 Å². The Morgan fingerprint density at radius 3 is 2.87 bits per heavy atom. The summed E-state index contributed by atoms with van der Waals surface area (Å²) in [6.07, 6.45) is 8.09. The number of pyridine rings is 1. The number of fused-ring (bicyclic) bond motifs is 1. The molecule has 0 N–H and O–H groups in total. The Balaban J connectivity index is 1.45. The minimum atomic E-state index is 0.716. The van der Waals surface area contributed by atoms with Crippen LogP contribution in [0.1, 0.15) is 17.2 Å². The van der Waals surface area contributed by atoms with Gasteiger partial charge in [0.25, 0.3) is 0 Å². The molecule has 4 heterocycles. The standard InChI is InChI=1S/C16H19N7/c1-2-5-18-14(3-1)10-21-6-4-16-19-9-15(23(16)8-7-21)11-22-13-17-12-20-22/h1-3,5,9,12-13H,4,6-8,10-11H2. The van der Waals surface area contributed by atoms with Gasteiger partial charge in [-0.1, -0.05) is 6.07 Å². The minimum Gasteiger partial charge on any atom is -0.329 e. The first-order valence-corrected chi connectivity index (χ1v) is 7.86. The van der Waals surface area contributed by atoms with Gasteiger partial charge >= 0.3 is 0 Å². The van der Waals surface area contributed by atoms with Crippen LogP contribution in [0, 0.1) is 0 Å². The van der Waals surface area contributed by atoms with E-state index in [4.69, 9.17) is 0 Å². The van der Waals surface area contributed by atoms with Crippen molar-refractivity contribution in [3.8, 4) is 0 Å². The molecule has 0 aromatic carbocycles. The number of nitrogens with zero attached hydrogens (tertiary/aromatic N) is 7. The van der Waals surface area contributed by atoms with Crippen LogP contribution in [0.15, 0.2) is 43.2 Å². The number of aromatic nitrogens is 6. The van der Waals surface area contributed by atoms with E-state index in [-0.39, 0.29) is 0 Å². The van der Waals surface area contributed by atoms with Gasteiger partial charge in [0.15, 0.2) is 0 Å². The van der Waals surface area contributed by atoms with Crippen LogP contribution in [0.4, 0.5) is 0 Å². The summed E-state index contributed by atoms with van der Waals surface area (Å²) in [5.74, 6) is 1.16. The molecular formula is C16H19N7. The topological polar surface area (TPSA) is 64.7 Å². The first kappa shape index (κ1) is 14.1. The molecule has 0 saturated heterocycles. The van der Waals surface area contributed by atoms with Crippen molar-refractivity contribution in [2.45, 2.75) is 26.1 Å². The van der Waals surface area contributed by atoms with Gasteiger partial charge in [-0.3, -0.25) is 9.88 Å². The molecule has 0 radical (unpaired) electrons. The highest BCUT2D eigenvalue weighted by Gasteiger charge is 2.18. The fourth-order valence-corrected chi connectivity index (χ4v) is 3.02. The van der Waals surface area contributed by atoms with Crippen molar-refractivity contribution >= 4 is 0 Å². The lowest BCUT2D eigenvalue weighted by Crippen LogP contribution is -2.27. The van der Waals surface area contributed by atoms with E-state index in [2.05, 4.69) is 35.6 Å². The molecule has 118 valence electrons. The van der Waals surface area contributed by atoms with Crippen molar-refractivity contribution in [1.82, 2.24) is 34.2 Å². The molecule has 1 aliphatic heterocycles. The second kappa shape index (κ2) is 6.29. The Hall–Kier alpha value is -2.54. The van der Waals surface area contributed by atoms with Crippen LogP contribution in [0.2, 0.25) is 0 Å². The van der Waals surface area contributed by atoms with Gasteiger partial charge in [0.1, 0.15) is 18.5 Å². The fourth-order valence-electron chi connectivity index (χ4n) is 3.02. The van der Waals surface area contributed by atoms with Crippen molar-refractivity contribution in [2.75, 3.05) is 13.1 Å². The maximum atomic E-state index is 4.60. The lowest BCUT2D eigenvalue weighted by molar-refractivity contribution is 0.267. The molecule has 0 saturated carbocycles. The van der Waals surface area contributed by atoms with E-state index < -0.39 is 0 Å². The molecule has 0 bridgehead atoms. The second-order valence-electron chi connectivity index (χ2n) is 5.76. The van der Waals surface area contributed by atoms with Crippen molar-refractivity contribution in [3.05, 3.63) is 60.5 Å². The molecule has 7 heteroatoms. The second-order valence-corrected chi connectivity index (χ2v) is 5.76. The summed E-state index contributed by atoms with van der Waals surface area (Å²) in [7, 11) is 0. The highest BCUT2D eigenvalue weighted by atomic mass is 15.3. The van der Waals surface area contributed by atoms with Crippen molar-refractivity contribution in [1.29, 1.82) is 0 Å². The summed E-state index contributed by atoms with van der Waals surface area (Å²) >= 11 is 0. The SMILES string of the molecule is c1ccc(CN2CCc3ncc(Cn4cncn4)n3CC2)nc1. The Kier molecular flexibility index (Phi) is 3.85. The average molecular weight is 309 g/mol. The van der Waals surface area contributed by atoms with Crippen molar-refractivity contribution in [3.63, 3.8) is 0 Å². The van der Waals surface area contributed by atoms with Crippen LogP contribution in [0.5, 0.6) is 0 Å². The number of hydrogen-bond acceptors (Lipinski definition) is 5. The van der Waals surface area contributed by atoms with Gasteiger partial charge < -0.3 is 4.57 Å². The Bertz CT molecular complexity index is 748. The summed E-state index contributed by atoms with van der Waals surface area (Å²) in [5, 5.41) is 4.18. The van der Waals surface area contributed by atoms with E-state index >= 15 is 0 Å². The smallest absolute Gasteiger partial charge is 0.137 e. The fraction of sp³-hybridized carbons (Fsp3) is 0.375. The van der Waals surface area contributed by atoms with Crippen molar-refractivity contribution < 1.29 is 0 Å². The van der Waals surface area contributed by atoms with Crippen molar-refractivity contribution in [2.24, 2.45) is 0 Å². The van der Waals surface area contributed by atoms with Crippen LogP contribution in [0.25, 0.3) is 0 Å². The Morgan fingerprint density at radius 2 is 2.04 bits per heavy atom. The van der Waals surface area contributed by atoms with Gasteiger partial charge in [0.2, 0.25) is 0 Å². The maximum absolute atomic E-state index is 4.60. The van der Waals surface area contributed by atoms with Crippen LogP contribution in [-0.2, 0) is 26.1 Å². The molecule has 0 fully saturated rings. The van der Waals surface area contributed by atoms with E-state index in [0.717, 1.165) is 44.1 Å². The molecular weight excluding hydrogens is 290 g/mol. The summed E-state index contributed by atoms with van der Waals surface area (Å²) in [4.78, 5) is 15.5. The number of hydrogen-bond donors (Lipinski definition) is 0. The molecule has 0 atom stereocenters. The summed E-state index contributed by atoms with van der Waals surface area (Å²) in [6, 6.07) is 6.08. The monoisotopic (exact) mass is 309 g/mol. The van der Waals surface area contributed by atoms with Crippen LogP contribution < -0.4 is 0 Å². The van der Waals surface area contributed by atoms with Crippen LogP contribution in [0.3, 0.4) is 0 Å². The molecule has 0 unspecified atom stereocenters. The summed E-state index contributed by atoms with van der Waals surface area (Å²) in [6.45, 7) is 4.57. The Morgan fingerprint density at radius 1 is 1.04 bits per heavy atom. The molecule has 0 aliphatic carbocycles. The zero-order valence-corrected chi connectivity index (χ0v) is 12.9. The highest BCUT2D eigenvalue weighted by molar-refractivity contribution is 5.08. The van der Waals surface area contributed by atoms with E-state index in [1.54, 1.807) is 12.7 Å². The molecule has 3 aromatic rings. The molecule has 7 nitrogen and oxygen atoms in total. The van der Waals surface area contributed by atoms with Gasteiger partial charge in [-0.15, -0.1) is 0 Å². The molecule has 3 aromatic heterocycles. The zero-order chi connectivity index (χ0) is 15.5. The summed E-state index contributed by atoms with van der Waals surface area (Å²) in [5.41, 5.74) is 2.31. The van der Waals surface area contributed by atoms with Crippen LogP contribution >= 0.6 is 0 Å². The lowest BCUT2D eigenvalue weighted by Gasteiger charge is -2.19. The van der Waals surface area contributed by atoms with E-state index in [0.29, 0.717) is 6.54 Å². The zero-order valence-electron chi connectivity index (χ0n) is 12.9.